The molecule has 20 heavy (non-hydrogen) atoms. The number of nitrogens with zero attached hydrogens (tertiary/aromatic N) is 2. The van der Waals surface area contributed by atoms with Gasteiger partial charge in [-0.15, -0.1) is 6.58 Å². The zero-order chi connectivity index (χ0) is 15.0. The van der Waals surface area contributed by atoms with Crippen molar-refractivity contribution in [2.45, 2.75) is 40.7 Å². The Morgan fingerprint density at radius 1 is 1.35 bits per heavy atom. The number of aryl methyl sites for hydroxylation is 1. The van der Waals surface area contributed by atoms with Gasteiger partial charge in [-0.1, -0.05) is 26.8 Å². The molecular weight excluding hydrogens is 246 g/mol. The molecule has 112 valence electrons. The molecule has 1 aromatic heterocycles. The third-order valence-electron chi connectivity index (χ3n) is 3.22. The second kappa shape index (κ2) is 8.75. The number of hydrogen-bond donors (Lipinski definition) is 1. The number of likely N-dealkylation sites (N-methyl/N-ethyl adjacent to an activating group) is 1. The summed E-state index contributed by atoms with van der Waals surface area (Å²) >= 11 is 0. The first-order chi connectivity index (χ1) is 9.60. The average molecular weight is 275 g/mol. The van der Waals surface area contributed by atoms with Gasteiger partial charge >= 0.3 is 0 Å². The number of hydrogen-bond acceptors (Lipinski definition) is 3. The number of anilines is 1. The van der Waals surface area contributed by atoms with Crippen molar-refractivity contribution in [2.75, 3.05) is 24.5 Å². The van der Waals surface area contributed by atoms with Gasteiger partial charge in [-0.3, -0.25) is 0 Å². The van der Waals surface area contributed by atoms with Gasteiger partial charge in [0, 0.05) is 25.3 Å². The minimum atomic E-state index is 0.676. The van der Waals surface area contributed by atoms with Crippen LogP contribution >= 0.6 is 0 Å². The van der Waals surface area contributed by atoms with Gasteiger partial charge in [0.05, 0.1) is 0 Å². The Labute approximate surface area is 124 Å². The normalized spacial score (nSPS) is 10.8. The molecule has 1 heterocycles. The lowest BCUT2D eigenvalue weighted by Crippen LogP contribution is -2.25. The first kappa shape index (κ1) is 16.7. The zero-order valence-corrected chi connectivity index (χ0v) is 13.4. The van der Waals surface area contributed by atoms with Gasteiger partial charge in [-0.2, -0.15) is 0 Å². The lowest BCUT2D eigenvalue weighted by Gasteiger charge is -2.21. The molecule has 0 atom stereocenters. The molecule has 1 aromatic rings. The average Bonchev–Trinajstić information content (AvgIpc) is 2.44. The van der Waals surface area contributed by atoms with E-state index in [1.54, 1.807) is 0 Å². The van der Waals surface area contributed by atoms with E-state index in [0.29, 0.717) is 5.92 Å². The molecule has 0 aliphatic rings. The highest BCUT2D eigenvalue weighted by Crippen LogP contribution is 2.16. The molecule has 1 rings (SSSR count). The van der Waals surface area contributed by atoms with Crippen molar-refractivity contribution in [3.8, 4) is 0 Å². The maximum Gasteiger partial charge on any atom is 0.129 e. The number of rotatable bonds is 9. The van der Waals surface area contributed by atoms with Crippen molar-refractivity contribution in [2.24, 2.45) is 5.92 Å². The van der Waals surface area contributed by atoms with Gasteiger partial charge in [0.25, 0.3) is 0 Å². The van der Waals surface area contributed by atoms with E-state index in [9.17, 15) is 0 Å². The Morgan fingerprint density at radius 2 is 2.10 bits per heavy atom. The van der Waals surface area contributed by atoms with Gasteiger partial charge < -0.3 is 10.2 Å². The van der Waals surface area contributed by atoms with E-state index < -0.39 is 0 Å². The fourth-order valence-electron chi connectivity index (χ4n) is 2.12. The SMILES string of the molecule is C=CCN(CC)c1cc(CNCC(C)C)cc(CC)n1. The predicted octanol–water partition coefficient (Wildman–Crippen LogP) is 3.40. The van der Waals surface area contributed by atoms with Gasteiger partial charge in [0.15, 0.2) is 0 Å². The maximum atomic E-state index is 4.74. The van der Waals surface area contributed by atoms with E-state index in [0.717, 1.165) is 44.1 Å². The lowest BCUT2D eigenvalue weighted by atomic mass is 10.1. The van der Waals surface area contributed by atoms with E-state index in [4.69, 9.17) is 4.98 Å². The molecular formula is C17H29N3. The van der Waals surface area contributed by atoms with E-state index in [1.807, 2.05) is 6.08 Å². The monoisotopic (exact) mass is 275 g/mol. The van der Waals surface area contributed by atoms with E-state index >= 15 is 0 Å². The largest absolute Gasteiger partial charge is 0.353 e. The summed E-state index contributed by atoms with van der Waals surface area (Å²) in [7, 11) is 0. The van der Waals surface area contributed by atoms with Crippen LogP contribution in [0.15, 0.2) is 24.8 Å². The zero-order valence-electron chi connectivity index (χ0n) is 13.4. The minimum Gasteiger partial charge on any atom is -0.353 e. The van der Waals surface area contributed by atoms with Crippen molar-refractivity contribution >= 4 is 5.82 Å². The van der Waals surface area contributed by atoms with Crippen molar-refractivity contribution in [1.29, 1.82) is 0 Å². The number of pyridine rings is 1. The Kier molecular flexibility index (Phi) is 7.31. The highest BCUT2D eigenvalue weighted by Gasteiger charge is 2.07. The van der Waals surface area contributed by atoms with E-state index in [2.05, 4.69) is 56.6 Å². The molecule has 0 aromatic carbocycles. The maximum absolute atomic E-state index is 4.74. The highest BCUT2D eigenvalue weighted by molar-refractivity contribution is 5.43. The smallest absolute Gasteiger partial charge is 0.129 e. The molecule has 3 heteroatoms. The summed E-state index contributed by atoms with van der Waals surface area (Å²) in [6.07, 6.45) is 2.90. The van der Waals surface area contributed by atoms with Gasteiger partial charge in [0.1, 0.15) is 5.82 Å². The van der Waals surface area contributed by atoms with Crippen LogP contribution in [0, 0.1) is 5.92 Å². The first-order valence-electron chi connectivity index (χ1n) is 7.67. The van der Waals surface area contributed by atoms with Crippen molar-refractivity contribution in [1.82, 2.24) is 10.3 Å². The molecule has 3 nitrogen and oxygen atoms in total. The minimum absolute atomic E-state index is 0.676. The number of aromatic nitrogens is 1. The van der Waals surface area contributed by atoms with E-state index in [-0.39, 0.29) is 0 Å². The van der Waals surface area contributed by atoms with Crippen molar-refractivity contribution < 1.29 is 0 Å². The fourth-order valence-corrected chi connectivity index (χ4v) is 2.12. The van der Waals surface area contributed by atoms with Crippen LogP contribution in [0.5, 0.6) is 0 Å². The Bertz CT molecular complexity index is 413. The summed E-state index contributed by atoms with van der Waals surface area (Å²) in [6, 6.07) is 4.40. The van der Waals surface area contributed by atoms with Gasteiger partial charge in [-0.05, 0) is 43.5 Å². The quantitative estimate of drug-likeness (QED) is 0.700. The summed E-state index contributed by atoms with van der Waals surface area (Å²) in [5, 5.41) is 3.50. The second-order valence-electron chi connectivity index (χ2n) is 5.53. The van der Waals surface area contributed by atoms with Crippen LogP contribution in [-0.4, -0.2) is 24.6 Å². The summed E-state index contributed by atoms with van der Waals surface area (Å²) in [6.45, 7) is 16.3. The Morgan fingerprint density at radius 3 is 2.65 bits per heavy atom. The van der Waals surface area contributed by atoms with Crippen LogP contribution in [0.4, 0.5) is 5.82 Å². The molecule has 0 bridgehead atoms. The standard InChI is InChI=1S/C17H29N3/c1-6-9-20(8-3)17-11-15(10-16(7-2)19-17)13-18-12-14(4)5/h6,10-11,14,18H,1,7-9,12-13H2,2-5H3. The van der Waals surface area contributed by atoms with Crippen molar-refractivity contribution in [3.05, 3.63) is 36.0 Å². The molecule has 1 N–H and O–H groups in total. The van der Waals surface area contributed by atoms with Gasteiger partial charge in [0.2, 0.25) is 0 Å². The van der Waals surface area contributed by atoms with Crippen LogP contribution in [0.2, 0.25) is 0 Å². The summed E-state index contributed by atoms with van der Waals surface area (Å²) < 4.78 is 0. The topological polar surface area (TPSA) is 28.2 Å². The lowest BCUT2D eigenvalue weighted by molar-refractivity contribution is 0.552. The van der Waals surface area contributed by atoms with Crippen LogP contribution in [0.3, 0.4) is 0 Å². The molecule has 0 fully saturated rings. The third kappa shape index (κ3) is 5.33. The molecule has 0 aliphatic heterocycles. The molecule has 0 unspecified atom stereocenters. The summed E-state index contributed by atoms with van der Waals surface area (Å²) in [5.41, 5.74) is 2.47. The molecule has 0 spiro atoms. The molecule has 0 saturated carbocycles. The van der Waals surface area contributed by atoms with Crippen LogP contribution in [0.1, 0.15) is 39.0 Å². The highest BCUT2D eigenvalue weighted by atomic mass is 15.2. The van der Waals surface area contributed by atoms with Gasteiger partial charge in [-0.25, -0.2) is 4.98 Å². The van der Waals surface area contributed by atoms with E-state index in [1.165, 1.54) is 5.56 Å². The molecule has 0 amide bonds. The van der Waals surface area contributed by atoms with Crippen LogP contribution in [-0.2, 0) is 13.0 Å². The Hall–Kier alpha value is -1.35. The first-order valence-corrected chi connectivity index (χ1v) is 7.67. The molecule has 0 saturated heterocycles. The summed E-state index contributed by atoms with van der Waals surface area (Å²) in [5.74, 6) is 1.74. The fraction of sp³-hybridized carbons (Fsp3) is 0.588. The summed E-state index contributed by atoms with van der Waals surface area (Å²) in [4.78, 5) is 6.98. The molecule has 0 radical (unpaired) electrons. The third-order valence-corrected chi connectivity index (χ3v) is 3.22. The Balaban J connectivity index is 2.86. The number of nitrogens with one attached hydrogen (secondary N) is 1. The van der Waals surface area contributed by atoms with Crippen LogP contribution < -0.4 is 10.2 Å². The van der Waals surface area contributed by atoms with Crippen LogP contribution in [0.25, 0.3) is 0 Å². The molecule has 0 aliphatic carbocycles. The second-order valence-corrected chi connectivity index (χ2v) is 5.53. The predicted molar refractivity (Wildman–Crippen MR) is 88.2 cm³/mol. The van der Waals surface area contributed by atoms with Crippen molar-refractivity contribution in [3.63, 3.8) is 0 Å².